The van der Waals surface area contributed by atoms with Crippen molar-refractivity contribution < 1.29 is 4.74 Å². The van der Waals surface area contributed by atoms with E-state index in [0.29, 0.717) is 5.92 Å². The first-order valence-electron chi connectivity index (χ1n) is 7.89. The van der Waals surface area contributed by atoms with Crippen molar-refractivity contribution in [2.45, 2.75) is 24.1 Å². The molecule has 1 saturated heterocycles. The summed E-state index contributed by atoms with van der Waals surface area (Å²) in [6.45, 7) is 6.67. The highest BCUT2D eigenvalue weighted by Gasteiger charge is 2.18. The van der Waals surface area contributed by atoms with E-state index in [1.54, 1.807) is 11.3 Å². The predicted molar refractivity (Wildman–Crippen MR) is 110 cm³/mol. The number of aromatic nitrogens is 1. The maximum absolute atomic E-state index is 5.45. The summed E-state index contributed by atoms with van der Waals surface area (Å²) in [4.78, 5) is 11.2. The van der Waals surface area contributed by atoms with Gasteiger partial charge in [-0.2, -0.15) is 0 Å². The van der Waals surface area contributed by atoms with Crippen LogP contribution >= 0.6 is 47.1 Å². The summed E-state index contributed by atoms with van der Waals surface area (Å²) in [6.07, 6.45) is 4.09. The van der Waals surface area contributed by atoms with E-state index in [-0.39, 0.29) is 24.0 Å². The minimum Gasteiger partial charge on any atom is -0.381 e. The van der Waals surface area contributed by atoms with Crippen LogP contribution in [0.3, 0.4) is 0 Å². The van der Waals surface area contributed by atoms with E-state index in [0.717, 1.165) is 61.7 Å². The van der Waals surface area contributed by atoms with Crippen LogP contribution in [0.25, 0.3) is 0 Å². The van der Waals surface area contributed by atoms with Gasteiger partial charge < -0.3 is 15.0 Å². The Labute approximate surface area is 164 Å². The lowest BCUT2D eigenvalue weighted by Crippen LogP contribution is -2.41. The maximum atomic E-state index is 5.45. The molecular formula is C15H27IN4OS2. The van der Waals surface area contributed by atoms with Gasteiger partial charge in [0.2, 0.25) is 0 Å². The molecule has 0 saturated carbocycles. The van der Waals surface area contributed by atoms with Crippen LogP contribution in [0.15, 0.2) is 20.9 Å². The average Bonchev–Trinajstić information content (AvgIpc) is 3.19. The van der Waals surface area contributed by atoms with Crippen molar-refractivity contribution in [1.29, 1.82) is 0 Å². The van der Waals surface area contributed by atoms with E-state index in [1.165, 1.54) is 0 Å². The molecule has 0 bridgehead atoms. The van der Waals surface area contributed by atoms with Gasteiger partial charge in [0.25, 0.3) is 0 Å². The molecule has 0 amide bonds. The fraction of sp³-hybridized carbons (Fsp3) is 0.733. The standard InChI is InChI=1S/C15H26N4OS2.HI/c1-3-16-14(19(2)11-13-5-8-20-12-13)17-6-4-9-21-15-18-7-10-22-15;/h7,10,13H,3-6,8-9,11-12H2,1-2H3,(H,16,17);1H. The van der Waals surface area contributed by atoms with Crippen molar-refractivity contribution in [1.82, 2.24) is 15.2 Å². The zero-order chi connectivity index (χ0) is 15.6. The zero-order valence-corrected chi connectivity index (χ0v) is 17.8. The smallest absolute Gasteiger partial charge is 0.193 e. The first-order valence-corrected chi connectivity index (χ1v) is 9.75. The molecule has 2 heterocycles. The molecule has 1 aliphatic heterocycles. The Kier molecular flexibility index (Phi) is 11.2. The lowest BCUT2D eigenvalue weighted by Gasteiger charge is -2.24. The number of nitrogens with one attached hydrogen (secondary N) is 1. The van der Waals surface area contributed by atoms with E-state index in [2.05, 4.69) is 29.2 Å². The van der Waals surface area contributed by atoms with Crippen LogP contribution in [-0.2, 0) is 4.74 Å². The van der Waals surface area contributed by atoms with Gasteiger partial charge in [-0.15, -0.1) is 35.3 Å². The topological polar surface area (TPSA) is 49.8 Å². The number of thioether (sulfide) groups is 1. The Morgan fingerprint density at radius 3 is 3.13 bits per heavy atom. The Balaban J connectivity index is 0.00000264. The second-order valence-electron chi connectivity index (χ2n) is 5.35. The number of nitrogens with zero attached hydrogens (tertiary/aromatic N) is 3. The molecular weight excluding hydrogens is 443 g/mol. The van der Waals surface area contributed by atoms with Gasteiger partial charge in [-0.1, -0.05) is 11.8 Å². The summed E-state index contributed by atoms with van der Waals surface area (Å²) in [7, 11) is 2.12. The molecule has 2 rings (SSSR count). The third-order valence-corrected chi connectivity index (χ3v) is 5.50. The molecule has 1 N–H and O–H groups in total. The third-order valence-electron chi connectivity index (χ3n) is 3.45. The van der Waals surface area contributed by atoms with Crippen LogP contribution in [0.5, 0.6) is 0 Å². The summed E-state index contributed by atoms with van der Waals surface area (Å²) >= 11 is 3.52. The number of hydrogen-bond acceptors (Lipinski definition) is 5. The highest BCUT2D eigenvalue weighted by atomic mass is 127. The van der Waals surface area contributed by atoms with Crippen LogP contribution in [0, 0.1) is 5.92 Å². The van der Waals surface area contributed by atoms with Gasteiger partial charge in [0.05, 0.1) is 6.61 Å². The fourth-order valence-electron chi connectivity index (χ4n) is 2.36. The van der Waals surface area contributed by atoms with Crippen LogP contribution in [0.1, 0.15) is 19.8 Å². The molecule has 1 aromatic rings. The molecule has 1 aliphatic rings. The molecule has 1 aromatic heterocycles. The number of guanidine groups is 1. The summed E-state index contributed by atoms with van der Waals surface area (Å²) in [6, 6.07) is 0. The molecule has 1 fully saturated rings. The number of hydrogen-bond donors (Lipinski definition) is 1. The van der Waals surface area contributed by atoms with Crippen LogP contribution in [-0.4, -0.2) is 61.5 Å². The van der Waals surface area contributed by atoms with Crippen molar-refractivity contribution in [3.63, 3.8) is 0 Å². The van der Waals surface area contributed by atoms with E-state index in [1.807, 2.05) is 23.3 Å². The Morgan fingerprint density at radius 1 is 1.61 bits per heavy atom. The molecule has 0 aliphatic carbocycles. The van der Waals surface area contributed by atoms with Crippen molar-refractivity contribution in [2.24, 2.45) is 10.9 Å². The van der Waals surface area contributed by atoms with Crippen molar-refractivity contribution in [2.75, 3.05) is 45.6 Å². The monoisotopic (exact) mass is 470 g/mol. The number of aliphatic imine (C=N–C) groups is 1. The summed E-state index contributed by atoms with van der Waals surface area (Å²) in [5.41, 5.74) is 0. The van der Waals surface area contributed by atoms with Gasteiger partial charge in [0.1, 0.15) is 4.34 Å². The summed E-state index contributed by atoms with van der Waals surface area (Å²) in [5.74, 6) is 2.71. The Bertz CT molecular complexity index is 439. The van der Waals surface area contributed by atoms with Crippen molar-refractivity contribution in [3.05, 3.63) is 11.6 Å². The molecule has 1 atom stereocenters. The molecule has 132 valence electrons. The van der Waals surface area contributed by atoms with Crippen LogP contribution in [0.2, 0.25) is 0 Å². The summed E-state index contributed by atoms with van der Waals surface area (Å²) in [5, 5.41) is 5.40. The first-order chi connectivity index (χ1) is 10.8. The largest absolute Gasteiger partial charge is 0.381 e. The van der Waals surface area contributed by atoms with Gasteiger partial charge in [-0.3, -0.25) is 4.99 Å². The minimum absolute atomic E-state index is 0. The molecule has 1 unspecified atom stereocenters. The van der Waals surface area contributed by atoms with Gasteiger partial charge in [-0.25, -0.2) is 4.98 Å². The van der Waals surface area contributed by atoms with E-state index in [4.69, 9.17) is 9.73 Å². The number of rotatable bonds is 8. The van der Waals surface area contributed by atoms with Crippen molar-refractivity contribution >= 4 is 53.0 Å². The second kappa shape index (κ2) is 12.3. The molecule has 0 aromatic carbocycles. The quantitative estimate of drug-likeness (QED) is 0.208. The predicted octanol–water partition coefficient (Wildman–Crippen LogP) is 3.18. The van der Waals surface area contributed by atoms with Crippen LogP contribution in [0.4, 0.5) is 0 Å². The van der Waals surface area contributed by atoms with Gasteiger partial charge >= 0.3 is 0 Å². The lowest BCUT2D eigenvalue weighted by molar-refractivity contribution is 0.181. The Hall–Kier alpha value is -0.0600. The zero-order valence-electron chi connectivity index (χ0n) is 13.9. The molecule has 0 spiro atoms. The third kappa shape index (κ3) is 8.04. The first kappa shape index (κ1) is 21.0. The highest BCUT2D eigenvalue weighted by molar-refractivity contribution is 14.0. The van der Waals surface area contributed by atoms with Crippen LogP contribution < -0.4 is 5.32 Å². The van der Waals surface area contributed by atoms with Gasteiger partial charge in [0.15, 0.2) is 5.96 Å². The molecule has 5 nitrogen and oxygen atoms in total. The average molecular weight is 470 g/mol. The number of ether oxygens (including phenoxy) is 1. The molecule has 8 heteroatoms. The Morgan fingerprint density at radius 2 is 2.48 bits per heavy atom. The maximum Gasteiger partial charge on any atom is 0.193 e. The van der Waals surface area contributed by atoms with E-state index < -0.39 is 0 Å². The minimum atomic E-state index is 0. The SMILES string of the molecule is CCNC(=NCCCSc1nccs1)N(C)CC1CCOC1.I. The van der Waals surface area contributed by atoms with E-state index in [9.17, 15) is 0 Å². The fourth-order valence-corrected chi connectivity index (χ4v) is 3.99. The molecule has 23 heavy (non-hydrogen) atoms. The normalized spacial score (nSPS) is 17.8. The number of halogens is 1. The number of thiazole rings is 1. The highest BCUT2D eigenvalue weighted by Crippen LogP contribution is 2.20. The van der Waals surface area contributed by atoms with Gasteiger partial charge in [-0.05, 0) is 19.8 Å². The second-order valence-corrected chi connectivity index (χ2v) is 7.58. The van der Waals surface area contributed by atoms with Gasteiger partial charge in [0, 0.05) is 56.5 Å². The molecule has 0 radical (unpaired) electrons. The lowest BCUT2D eigenvalue weighted by atomic mass is 10.1. The summed E-state index contributed by atoms with van der Waals surface area (Å²) < 4.78 is 6.60. The van der Waals surface area contributed by atoms with E-state index >= 15 is 0 Å². The van der Waals surface area contributed by atoms with Crippen molar-refractivity contribution in [3.8, 4) is 0 Å².